The first-order valence-electron chi connectivity index (χ1n) is 8.69. The van der Waals surface area contributed by atoms with Gasteiger partial charge in [0.2, 0.25) is 0 Å². The summed E-state index contributed by atoms with van der Waals surface area (Å²) in [5.74, 6) is -1.76. The summed E-state index contributed by atoms with van der Waals surface area (Å²) in [7, 11) is 0. The average molecular weight is 376 g/mol. The number of carbonyl (C=O) groups is 2. The number of carboxylic acids is 2. The number of aliphatic hydroxyl groups is 2. The van der Waals surface area contributed by atoms with Gasteiger partial charge in [-0.1, -0.05) is 50.2 Å². The first-order valence-corrected chi connectivity index (χ1v) is 8.69. The number of hydrogen-bond acceptors (Lipinski definition) is 4. The Morgan fingerprint density at radius 2 is 1.11 bits per heavy atom. The standard InChI is InChI=1S/2C7H6O2.C7H16O2/c2*8-7(9)6-4-2-1-3-5-6;1-3-7(9,4-2)5-6-8/h2*1-5H,(H,8,9);8-9H,3-6H2,1-2H3. The van der Waals surface area contributed by atoms with Gasteiger partial charge in [0.1, 0.15) is 0 Å². The normalized spacial score (nSPS) is 9.93. The summed E-state index contributed by atoms with van der Waals surface area (Å²) in [6.45, 7) is 3.94. The van der Waals surface area contributed by atoms with Crippen LogP contribution >= 0.6 is 0 Å². The molecule has 4 N–H and O–H groups in total. The van der Waals surface area contributed by atoms with Crippen LogP contribution in [0, 0.1) is 0 Å². The highest BCUT2D eigenvalue weighted by Crippen LogP contribution is 2.17. The molecule has 6 heteroatoms. The Labute approximate surface area is 159 Å². The minimum absolute atomic E-state index is 0.0815. The van der Waals surface area contributed by atoms with E-state index in [1.165, 1.54) is 0 Å². The van der Waals surface area contributed by atoms with Crippen LogP contribution in [0.3, 0.4) is 0 Å². The van der Waals surface area contributed by atoms with Crippen LogP contribution in [-0.2, 0) is 0 Å². The molecule has 0 atom stereocenters. The third kappa shape index (κ3) is 10.8. The molecule has 0 spiro atoms. The molecule has 148 valence electrons. The van der Waals surface area contributed by atoms with Gasteiger partial charge in [-0.25, -0.2) is 9.59 Å². The van der Waals surface area contributed by atoms with Crippen molar-refractivity contribution in [2.45, 2.75) is 38.7 Å². The Hall–Kier alpha value is -2.70. The highest BCUT2D eigenvalue weighted by molar-refractivity contribution is 5.87. The van der Waals surface area contributed by atoms with Crippen molar-refractivity contribution in [3.8, 4) is 0 Å². The van der Waals surface area contributed by atoms with E-state index >= 15 is 0 Å². The second-order valence-corrected chi connectivity index (χ2v) is 5.75. The van der Waals surface area contributed by atoms with Crippen LogP contribution in [0.2, 0.25) is 0 Å². The molecule has 0 saturated heterocycles. The van der Waals surface area contributed by atoms with E-state index in [4.69, 9.17) is 15.3 Å². The van der Waals surface area contributed by atoms with E-state index in [2.05, 4.69) is 0 Å². The average Bonchev–Trinajstić information content (AvgIpc) is 2.70. The molecule has 0 heterocycles. The third-order valence-electron chi connectivity index (χ3n) is 3.93. The number of hydrogen-bond donors (Lipinski definition) is 4. The number of aliphatic hydroxyl groups excluding tert-OH is 1. The van der Waals surface area contributed by atoms with Crippen molar-refractivity contribution in [3.63, 3.8) is 0 Å². The molecular weight excluding hydrogens is 348 g/mol. The van der Waals surface area contributed by atoms with E-state index in [1.807, 2.05) is 13.8 Å². The molecule has 6 nitrogen and oxygen atoms in total. The van der Waals surface area contributed by atoms with Gasteiger partial charge >= 0.3 is 11.9 Å². The lowest BCUT2D eigenvalue weighted by Gasteiger charge is -2.23. The smallest absolute Gasteiger partial charge is 0.335 e. The minimum Gasteiger partial charge on any atom is -0.478 e. The predicted molar refractivity (Wildman–Crippen MR) is 104 cm³/mol. The van der Waals surface area contributed by atoms with Gasteiger partial charge in [-0.2, -0.15) is 0 Å². The van der Waals surface area contributed by atoms with Crippen molar-refractivity contribution >= 4 is 11.9 Å². The lowest BCUT2D eigenvalue weighted by molar-refractivity contribution is 0.00870. The Morgan fingerprint density at radius 1 is 0.778 bits per heavy atom. The zero-order valence-corrected chi connectivity index (χ0v) is 15.7. The summed E-state index contributed by atoms with van der Waals surface area (Å²) in [4.78, 5) is 20.4. The fourth-order valence-electron chi connectivity index (χ4n) is 1.97. The topological polar surface area (TPSA) is 115 Å². The first kappa shape index (κ1) is 24.3. The van der Waals surface area contributed by atoms with Gasteiger partial charge < -0.3 is 20.4 Å². The zero-order valence-electron chi connectivity index (χ0n) is 15.7. The highest BCUT2D eigenvalue weighted by atomic mass is 16.4. The number of carboxylic acid groups (broad SMARTS) is 2. The second-order valence-electron chi connectivity index (χ2n) is 5.75. The molecule has 0 aromatic heterocycles. The molecule has 0 aliphatic rings. The van der Waals surface area contributed by atoms with Gasteiger partial charge in [0.25, 0.3) is 0 Å². The molecule has 0 radical (unpaired) electrons. The molecule has 2 aromatic carbocycles. The lowest BCUT2D eigenvalue weighted by Crippen LogP contribution is -2.27. The third-order valence-corrected chi connectivity index (χ3v) is 3.93. The summed E-state index contributed by atoms with van der Waals surface area (Å²) in [5.41, 5.74) is 0.0457. The van der Waals surface area contributed by atoms with E-state index in [0.29, 0.717) is 17.5 Å². The fourth-order valence-corrected chi connectivity index (χ4v) is 1.97. The number of rotatable bonds is 6. The highest BCUT2D eigenvalue weighted by Gasteiger charge is 2.20. The molecule has 0 aliphatic heterocycles. The Kier molecular flexibility index (Phi) is 12.1. The maximum Gasteiger partial charge on any atom is 0.335 e. The van der Waals surface area contributed by atoms with Crippen molar-refractivity contribution in [1.29, 1.82) is 0 Å². The van der Waals surface area contributed by atoms with E-state index < -0.39 is 17.5 Å². The van der Waals surface area contributed by atoms with E-state index in [9.17, 15) is 14.7 Å². The second kappa shape index (κ2) is 13.5. The van der Waals surface area contributed by atoms with Gasteiger partial charge in [-0.05, 0) is 43.5 Å². The molecule has 0 bridgehead atoms. The summed E-state index contributed by atoms with van der Waals surface area (Å²) in [6.07, 6.45) is 1.95. The largest absolute Gasteiger partial charge is 0.478 e. The van der Waals surface area contributed by atoms with Crippen LogP contribution in [0.5, 0.6) is 0 Å². The van der Waals surface area contributed by atoms with Crippen molar-refractivity contribution in [3.05, 3.63) is 71.8 Å². The SMILES string of the molecule is CCC(O)(CC)CCO.O=C(O)c1ccccc1.O=C(O)c1ccccc1. The number of benzene rings is 2. The summed E-state index contributed by atoms with van der Waals surface area (Å²) in [5, 5.41) is 34.7. The predicted octanol–water partition coefficient (Wildman–Crippen LogP) is 3.69. The summed E-state index contributed by atoms with van der Waals surface area (Å²) >= 11 is 0. The molecule has 0 saturated carbocycles. The molecule has 0 amide bonds. The van der Waals surface area contributed by atoms with Gasteiger partial charge in [-0.3, -0.25) is 0 Å². The van der Waals surface area contributed by atoms with Gasteiger partial charge in [0.15, 0.2) is 0 Å². The lowest BCUT2D eigenvalue weighted by atomic mass is 9.94. The molecule has 2 aromatic rings. The molecule has 27 heavy (non-hydrogen) atoms. The monoisotopic (exact) mass is 376 g/mol. The maximum absolute atomic E-state index is 10.2. The van der Waals surface area contributed by atoms with Crippen molar-refractivity contribution in [1.82, 2.24) is 0 Å². The van der Waals surface area contributed by atoms with E-state index in [1.54, 1.807) is 60.7 Å². The van der Waals surface area contributed by atoms with Crippen LogP contribution in [0.1, 0.15) is 53.8 Å². The van der Waals surface area contributed by atoms with Gasteiger partial charge in [0.05, 0.1) is 16.7 Å². The van der Waals surface area contributed by atoms with Gasteiger partial charge in [0, 0.05) is 6.61 Å². The van der Waals surface area contributed by atoms with Crippen LogP contribution in [0.25, 0.3) is 0 Å². The Bertz CT molecular complexity index is 601. The summed E-state index contributed by atoms with van der Waals surface area (Å²) < 4.78 is 0. The summed E-state index contributed by atoms with van der Waals surface area (Å²) in [6, 6.07) is 16.6. The molecule has 0 aliphatic carbocycles. The van der Waals surface area contributed by atoms with Gasteiger partial charge in [-0.15, -0.1) is 0 Å². The molecule has 0 fully saturated rings. The molecule has 2 rings (SSSR count). The zero-order chi connectivity index (χ0) is 20.7. The minimum atomic E-state index is -0.879. The van der Waals surface area contributed by atoms with Crippen LogP contribution in [0.15, 0.2) is 60.7 Å². The first-order chi connectivity index (χ1) is 12.8. The fraction of sp³-hybridized carbons (Fsp3) is 0.333. The maximum atomic E-state index is 10.2. The van der Waals surface area contributed by atoms with Crippen LogP contribution in [0.4, 0.5) is 0 Å². The van der Waals surface area contributed by atoms with Crippen molar-refractivity contribution in [2.24, 2.45) is 0 Å². The van der Waals surface area contributed by atoms with Crippen molar-refractivity contribution < 1.29 is 30.0 Å². The van der Waals surface area contributed by atoms with Crippen LogP contribution in [-0.4, -0.2) is 44.6 Å². The van der Waals surface area contributed by atoms with Crippen LogP contribution < -0.4 is 0 Å². The van der Waals surface area contributed by atoms with E-state index in [-0.39, 0.29) is 6.61 Å². The van der Waals surface area contributed by atoms with Crippen molar-refractivity contribution in [2.75, 3.05) is 6.61 Å². The molecular formula is C21H28O6. The Morgan fingerprint density at radius 3 is 1.26 bits per heavy atom. The van der Waals surface area contributed by atoms with E-state index in [0.717, 1.165) is 12.8 Å². The Balaban J connectivity index is 0.000000376. The quantitative estimate of drug-likeness (QED) is 0.611. The number of aromatic carboxylic acids is 2. The molecule has 0 unspecified atom stereocenters.